The first-order chi connectivity index (χ1) is 18.6. The highest BCUT2D eigenvalue weighted by molar-refractivity contribution is 5.87. The fourth-order valence-corrected chi connectivity index (χ4v) is 4.46. The van der Waals surface area contributed by atoms with Crippen molar-refractivity contribution in [1.29, 1.82) is 0 Å². The molecule has 1 amide bonds. The van der Waals surface area contributed by atoms with Crippen LogP contribution in [0.15, 0.2) is 51.9 Å². The maximum absolute atomic E-state index is 13.5. The number of ether oxygens (including phenoxy) is 2. The highest BCUT2D eigenvalue weighted by Crippen LogP contribution is 2.41. The summed E-state index contributed by atoms with van der Waals surface area (Å²) in [5.74, 6) is -0.0897. The van der Waals surface area contributed by atoms with Crippen molar-refractivity contribution in [3.63, 3.8) is 0 Å². The number of fused-ring (bicyclic) bond motifs is 1. The van der Waals surface area contributed by atoms with E-state index in [0.717, 1.165) is 6.54 Å². The predicted molar refractivity (Wildman–Crippen MR) is 140 cm³/mol. The number of aliphatic hydroxyl groups is 4. The zero-order valence-corrected chi connectivity index (χ0v) is 21.5. The van der Waals surface area contributed by atoms with Crippen LogP contribution in [0.4, 0.5) is 4.79 Å². The Labute approximate surface area is 223 Å². The molecule has 4 rings (SSSR count). The Balaban J connectivity index is 1.78. The Kier molecular flexibility index (Phi) is 8.85. The van der Waals surface area contributed by atoms with E-state index in [2.05, 4.69) is 5.32 Å². The molecule has 12 heteroatoms. The van der Waals surface area contributed by atoms with Gasteiger partial charge in [0, 0.05) is 6.54 Å². The molecule has 12 nitrogen and oxygen atoms in total. The minimum absolute atomic E-state index is 0.0237. The number of carbonyl (C=O) groups is 1. The molecule has 39 heavy (non-hydrogen) atoms. The average Bonchev–Trinajstić information content (AvgIpc) is 2.91. The van der Waals surface area contributed by atoms with E-state index in [-0.39, 0.29) is 33.6 Å². The van der Waals surface area contributed by atoms with E-state index in [1.54, 1.807) is 12.1 Å². The number of hydrogen-bond acceptors (Lipinski definition) is 11. The fourth-order valence-electron chi connectivity index (χ4n) is 4.46. The lowest BCUT2D eigenvalue weighted by Gasteiger charge is -2.40. The SMILES string of the molecule is CN(C)CCCNC(=O)Oc1ccc2c(=O)c(-c3ccc(O)cc3)coc2c1[C@@H]1O[C@H](CO)[C@@H](O)[C@H](O)[C@H]1O. The summed E-state index contributed by atoms with van der Waals surface area (Å²) in [5.41, 5.74) is 0.0873. The standard InChI is InChI=1S/C27H32N2O10/c1-29(2)11-3-10-28-27(36)39-18-9-8-16-21(32)17(14-4-6-15(31)7-5-14)13-37-25(16)20(18)26-24(35)23(34)22(33)19(12-30)38-26/h4-9,13,19,22-24,26,30-31,33-35H,3,10-12H2,1-2H3,(H,28,36)/t19-,22-,23+,24-,26+/m1/s1. The van der Waals surface area contributed by atoms with Gasteiger partial charge in [-0.15, -0.1) is 0 Å². The number of benzene rings is 2. The van der Waals surface area contributed by atoms with Crippen LogP contribution in [0.1, 0.15) is 18.1 Å². The topological polar surface area (TPSA) is 182 Å². The zero-order chi connectivity index (χ0) is 28.3. The number of phenolic OH excluding ortho intramolecular Hbond substituents is 1. The molecule has 1 aliphatic rings. The van der Waals surface area contributed by atoms with Crippen molar-refractivity contribution in [2.24, 2.45) is 0 Å². The minimum atomic E-state index is -1.72. The molecule has 1 aliphatic heterocycles. The number of phenols is 1. The molecule has 0 aliphatic carbocycles. The molecule has 1 aromatic heterocycles. The molecule has 2 aromatic carbocycles. The van der Waals surface area contributed by atoms with Gasteiger partial charge in [-0.2, -0.15) is 0 Å². The third-order valence-corrected chi connectivity index (χ3v) is 6.55. The maximum Gasteiger partial charge on any atom is 0.412 e. The summed E-state index contributed by atoms with van der Waals surface area (Å²) in [5, 5.41) is 53.4. The molecular weight excluding hydrogens is 512 g/mol. The van der Waals surface area contributed by atoms with Crippen molar-refractivity contribution in [3.05, 3.63) is 58.4 Å². The number of nitrogens with one attached hydrogen (secondary N) is 1. The number of carbonyl (C=O) groups excluding carboxylic acids is 1. The summed E-state index contributed by atoms with van der Waals surface area (Å²) in [6.45, 7) is 0.385. The molecule has 0 unspecified atom stereocenters. The minimum Gasteiger partial charge on any atom is -0.508 e. The van der Waals surface area contributed by atoms with Crippen molar-refractivity contribution in [1.82, 2.24) is 10.2 Å². The lowest BCUT2D eigenvalue weighted by atomic mass is 9.89. The van der Waals surface area contributed by atoms with Gasteiger partial charge in [0.15, 0.2) is 0 Å². The molecule has 0 bridgehead atoms. The summed E-state index contributed by atoms with van der Waals surface area (Å²) in [4.78, 5) is 28.0. The maximum atomic E-state index is 13.5. The second-order valence-electron chi connectivity index (χ2n) is 9.60. The third kappa shape index (κ3) is 6.06. The Hall–Kier alpha value is -3.52. The first-order valence-corrected chi connectivity index (χ1v) is 12.4. The number of hydrogen-bond donors (Lipinski definition) is 6. The number of rotatable bonds is 8. The Morgan fingerprint density at radius 2 is 1.77 bits per heavy atom. The monoisotopic (exact) mass is 544 g/mol. The lowest BCUT2D eigenvalue weighted by molar-refractivity contribution is -0.231. The summed E-state index contributed by atoms with van der Waals surface area (Å²) in [6.07, 6.45) is -6.70. The zero-order valence-electron chi connectivity index (χ0n) is 21.5. The molecule has 0 saturated carbocycles. The molecule has 0 spiro atoms. The van der Waals surface area contributed by atoms with Gasteiger partial charge >= 0.3 is 6.09 Å². The third-order valence-electron chi connectivity index (χ3n) is 6.55. The van der Waals surface area contributed by atoms with Crippen molar-refractivity contribution in [2.75, 3.05) is 33.8 Å². The smallest absolute Gasteiger partial charge is 0.412 e. The first-order valence-electron chi connectivity index (χ1n) is 12.4. The van der Waals surface area contributed by atoms with Crippen molar-refractivity contribution in [3.8, 4) is 22.6 Å². The van der Waals surface area contributed by atoms with E-state index < -0.39 is 48.6 Å². The van der Waals surface area contributed by atoms with Gasteiger partial charge in [-0.3, -0.25) is 4.79 Å². The Morgan fingerprint density at radius 1 is 1.05 bits per heavy atom. The van der Waals surface area contributed by atoms with Crippen LogP contribution in [-0.2, 0) is 4.74 Å². The number of nitrogens with zero attached hydrogens (tertiary/aromatic N) is 1. The van der Waals surface area contributed by atoms with Crippen molar-refractivity contribution >= 4 is 17.1 Å². The van der Waals surface area contributed by atoms with Gasteiger partial charge in [0.1, 0.15) is 53.9 Å². The van der Waals surface area contributed by atoms with E-state index in [0.29, 0.717) is 18.5 Å². The van der Waals surface area contributed by atoms with E-state index in [1.807, 2.05) is 19.0 Å². The molecule has 1 fully saturated rings. The van der Waals surface area contributed by atoms with Gasteiger partial charge in [-0.1, -0.05) is 12.1 Å². The van der Waals surface area contributed by atoms with Crippen LogP contribution in [0.2, 0.25) is 0 Å². The Bertz CT molecular complexity index is 1360. The molecule has 6 N–H and O–H groups in total. The molecule has 0 radical (unpaired) electrons. The van der Waals surface area contributed by atoms with Crippen LogP contribution < -0.4 is 15.5 Å². The van der Waals surface area contributed by atoms with E-state index in [1.165, 1.54) is 30.5 Å². The van der Waals surface area contributed by atoms with Crippen LogP contribution in [0.5, 0.6) is 11.5 Å². The summed E-state index contributed by atoms with van der Waals surface area (Å²) in [7, 11) is 3.81. The fraction of sp³-hybridized carbons (Fsp3) is 0.407. The molecule has 3 aromatic rings. The second kappa shape index (κ2) is 12.1. The molecule has 210 valence electrons. The Morgan fingerprint density at radius 3 is 2.44 bits per heavy atom. The van der Waals surface area contributed by atoms with Gasteiger partial charge in [0.25, 0.3) is 0 Å². The molecular formula is C27H32N2O10. The molecule has 5 atom stereocenters. The summed E-state index contributed by atoms with van der Waals surface area (Å²) >= 11 is 0. The molecule has 1 saturated heterocycles. The van der Waals surface area contributed by atoms with E-state index in [4.69, 9.17) is 13.9 Å². The van der Waals surface area contributed by atoms with Gasteiger partial charge < -0.3 is 49.6 Å². The quantitative estimate of drug-likeness (QED) is 0.220. The van der Waals surface area contributed by atoms with Gasteiger partial charge in [-0.25, -0.2) is 4.79 Å². The van der Waals surface area contributed by atoms with Crippen LogP contribution in [0.3, 0.4) is 0 Å². The highest BCUT2D eigenvalue weighted by Gasteiger charge is 2.46. The van der Waals surface area contributed by atoms with Crippen LogP contribution >= 0.6 is 0 Å². The summed E-state index contributed by atoms with van der Waals surface area (Å²) < 4.78 is 17.1. The van der Waals surface area contributed by atoms with Crippen LogP contribution in [-0.4, -0.2) is 94.7 Å². The lowest BCUT2D eigenvalue weighted by Crippen LogP contribution is -2.55. The first kappa shape index (κ1) is 28.5. The van der Waals surface area contributed by atoms with Crippen LogP contribution in [0, 0.1) is 0 Å². The largest absolute Gasteiger partial charge is 0.508 e. The van der Waals surface area contributed by atoms with Gasteiger partial charge in [-0.05, 0) is 56.9 Å². The number of amides is 1. The van der Waals surface area contributed by atoms with Crippen LogP contribution in [0.25, 0.3) is 22.1 Å². The van der Waals surface area contributed by atoms with E-state index >= 15 is 0 Å². The average molecular weight is 545 g/mol. The van der Waals surface area contributed by atoms with Crippen molar-refractivity contribution in [2.45, 2.75) is 36.9 Å². The summed E-state index contributed by atoms with van der Waals surface area (Å²) in [6, 6.07) is 8.68. The van der Waals surface area contributed by atoms with Gasteiger partial charge in [0.05, 0.1) is 23.1 Å². The molecule has 2 heterocycles. The normalized spacial score (nSPS) is 23.2. The predicted octanol–water partition coefficient (Wildman–Crippen LogP) is 0.721. The van der Waals surface area contributed by atoms with Crippen molar-refractivity contribution < 1.29 is 44.2 Å². The highest BCUT2D eigenvalue weighted by atomic mass is 16.6. The van der Waals surface area contributed by atoms with Gasteiger partial charge in [0.2, 0.25) is 5.43 Å². The van der Waals surface area contributed by atoms with E-state index in [9.17, 15) is 35.1 Å². The number of aromatic hydroxyl groups is 1. The number of aliphatic hydroxyl groups excluding tert-OH is 4. The second-order valence-corrected chi connectivity index (χ2v) is 9.60.